The number of aryl methyl sites for hydroxylation is 1. The van der Waals surface area contributed by atoms with Gasteiger partial charge >= 0.3 is 0 Å². The van der Waals surface area contributed by atoms with E-state index in [2.05, 4.69) is 20.5 Å². The highest BCUT2D eigenvalue weighted by Gasteiger charge is 2.11. The quantitative estimate of drug-likeness (QED) is 0.750. The first-order valence-electron chi connectivity index (χ1n) is 5.67. The summed E-state index contributed by atoms with van der Waals surface area (Å²) in [5, 5.41) is 18.7. The van der Waals surface area contributed by atoms with Crippen LogP contribution in [-0.2, 0) is 13.0 Å². The molecular weight excluding hydrogens is 232 g/mol. The molecule has 6 nitrogen and oxygen atoms in total. The zero-order chi connectivity index (χ0) is 13.0. The maximum atomic E-state index is 11.7. The van der Waals surface area contributed by atoms with Crippen LogP contribution in [0.1, 0.15) is 28.9 Å². The number of para-hydroxylation sites is 1. The number of carbonyl (C=O) groups is 1. The standard InChI is InChI=1S/C12H14N4O2/c1-2-10-14-11(16-15-10)12(18)13-7-8-5-3-4-6-9(8)17/h3-6,17H,2,7H2,1H3,(H,13,18)(H,14,15,16). The highest BCUT2D eigenvalue weighted by Crippen LogP contribution is 2.14. The fourth-order valence-electron chi connectivity index (χ4n) is 1.47. The molecule has 1 aromatic heterocycles. The molecule has 18 heavy (non-hydrogen) atoms. The highest BCUT2D eigenvalue weighted by molar-refractivity contribution is 5.90. The highest BCUT2D eigenvalue weighted by atomic mass is 16.3. The number of phenols is 1. The van der Waals surface area contributed by atoms with Gasteiger partial charge in [0, 0.05) is 18.5 Å². The molecule has 2 rings (SSSR count). The number of aromatic nitrogens is 3. The second-order valence-corrected chi connectivity index (χ2v) is 3.77. The van der Waals surface area contributed by atoms with Gasteiger partial charge < -0.3 is 10.4 Å². The molecule has 0 bridgehead atoms. The van der Waals surface area contributed by atoms with E-state index in [0.29, 0.717) is 17.8 Å². The van der Waals surface area contributed by atoms with Crippen LogP contribution in [0.5, 0.6) is 5.75 Å². The molecule has 0 unspecified atom stereocenters. The van der Waals surface area contributed by atoms with Crippen LogP contribution in [0.3, 0.4) is 0 Å². The first-order valence-corrected chi connectivity index (χ1v) is 5.67. The molecule has 1 amide bonds. The third kappa shape index (κ3) is 2.65. The summed E-state index contributed by atoms with van der Waals surface area (Å²) in [6.07, 6.45) is 0.694. The predicted molar refractivity (Wildman–Crippen MR) is 65.0 cm³/mol. The molecule has 0 saturated heterocycles. The SMILES string of the molecule is CCc1nc(C(=O)NCc2ccccc2O)n[nH]1. The molecule has 0 atom stereocenters. The molecule has 0 fully saturated rings. The minimum atomic E-state index is -0.366. The zero-order valence-electron chi connectivity index (χ0n) is 9.97. The van der Waals surface area contributed by atoms with E-state index in [9.17, 15) is 9.90 Å². The average molecular weight is 246 g/mol. The monoisotopic (exact) mass is 246 g/mol. The number of H-pyrrole nitrogens is 1. The van der Waals surface area contributed by atoms with E-state index < -0.39 is 0 Å². The van der Waals surface area contributed by atoms with Gasteiger partial charge in [-0.25, -0.2) is 4.98 Å². The van der Waals surface area contributed by atoms with Gasteiger partial charge in [0.2, 0.25) is 5.82 Å². The van der Waals surface area contributed by atoms with E-state index in [0.717, 1.165) is 0 Å². The predicted octanol–water partition coefficient (Wildman–Crippen LogP) is 1.00. The minimum absolute atomic E-state index is 0.113. The zero-order valence-corrected chi connectivity index (χ0v) is 9.97. The summed E-state index contributed by atoms with van der Waals surface area (Å²) < 4.78 is 0. The number of nitrogens with zero attached hydrogens (tertiary/aromatic N) is 2. The van der Waals surface area contributed by atoms with Crippen molar-refractivity contribution in [1.29, 1.82) is 0 Å². The van der Waals surface area contributed by atoms with Crippen LogP contribution in [0.4, 0.5) is 0 Å². The van der Waals surface area contributed by atoms with E-state index in [1.54, 1.807) is 24.3 Å². The molecule has 6 heteroatoms. The van der Waals surface area contributed by atoms with Crippen LogP contribution in [0.15, 0.2) is 24.3 Å². The van der Waals surface area contributed by atoms with Gasteiger partial charge in [-0.15, -0.1) is 5.10 Å². The second kappa shape index (κ2) is 5.31. The van der Waals surface area contributed by atoms with E-state index in [-0.39, 0.29) is 24.0 Å². The summed E-state index contributed by atoms with van der Waals surface area (Å²) in [5.41, 5.74) is 0.650. The molecule has 0 aliphatic rings. The summed E-state index contributed by atoms with van der Waals surface area (Å²) in [7, 11) is 0. The Morgan fingerprint density at radius 1 is 1.44 bits per heavy atom. The first-order chi connectivity index (χ1) is 8.70. The van der Waals surface area contributed by atoms with Crippen molar-refractivity contribution >= 4 is 5.91 Å². The topological polar surface area (TPSA) is 90.9 Å². The number of phenolic OH excluding ortho intramolecular Hbond substituents is 1. The lowest BCUT2D eigenvalue weighted by atomic mass is 10.2. The van der Waals surface area contributed by atoms with Crippen LogP contribution in [0, 0.1) is 0 Å². The van der Waals surface area contributed by atoms with E-state index in [1.807, 2.05) is 6.92 Å². The number of hydrogen-bond acceptors (Lipinski definition) is 4. The molecule has 1 aromatic carbocycles. The van der Waals surface area contributed by atoms with Crippen LogP contribution >= 0.6 is 0 Å². The van der Waals surface area contributed by atoms with Crippen molar-refractivity contribution in [1.82, 2.24) is 20.5 Å². The van der Waals surface area contributed by atoms with Crippen molar-refractivity contribution < 1.29 is 9.90 Å². The largest absolute Gasteiger partial charge is 0.508 e. The maximum Gasteiger partial charge on any atom is 0.291 e. The Hall–Kier alpha value is -2.37. The molecule has 0 aliphatic carbocycles. The Labute approximate surface area is 104 Å². The number of hydrogen-bond donors (Lipinski definition) is 3. The Morgan fingerprint density at radius 2 is 2.22 bits per heavy atom. The van der Waals surface area contributed by atoms with Crippen LogP contribution in [-0.4, -0.2) is 26.2 Å². The van der Waals surface area contributed by atoms with Gasteiger partial charge in [-0.1, -0.05) is 25.1 Å². The fourth-order valence-corrected chi connectivity index (χ4v) is 1.47. The Balaban J connectivity index is 1.98. The number of benzene rings is 1. The molecule has 0 saturated carbocycles. The number of rotatable bonds is 4. The van der Waals surface area contributed by atoms with Gasteiger partial charge in [-0.2, -0.15) is 0 Å². The number of nitrogens with one attached hydrogen (secondary N) is 2. The lowest BCUT2D eigenvalue weighted by Crippen LogP contribution is -2.24. The van der Waals surface area contributed by atoms with Crippen LogP contribution in [0.2, 0.25) is 0 Å². The molecule has 2 aromatic rings. The van der Waals surface area contributed by atoms with Crippen molar-refractivity contribution in [3.05, 3.63) is 41.5 Å². The van der Waals surface area contributed by atoms with Crippen molar-refractivity contribution in [3.8, 4) is 5.75 Å². The smallest absolute Gasteiger partial charge is 0.291 e. The number of carbonyl (C=O) groups excluding carboxylic acids is 1. The maximum absolute atomic E-state index is 11.7. The van der Waals surface area contributed by atoms with Gasteiger partial charge in [0.25, 0.3) is 5.91 Å². The summed E-state index contributed by atoms with van der Waals surface area (Å²) in [4.78, 5) is 15.7. The van der Waals surface area contributed by atoms with Crippen molar-refractivity contribution in [3.63, 3.8) is 0 Å². The Bertz CT molecular complexity index is 551. The van der Waals surface area contributed by atoms with Crippen LogP contribution < -0.4 is 5.32 Å². The molecule has 0 radical (unpaired) electrons. The van der Waals surface area contributed by atoms with Crippen LogP contribution in [0.25, 0.3) is 0 Å². The average Bonchev–Trinajstić information content (AvgIpc) is 2.86. The molecule has 94 valence electrons. The summed E-state index contributed by atoms with van der Waals surface area (Å²) >= 11 is 0. The van der Waals surface area contributed by atoms with Gasteiger partial charge in [0.15, 0.2) is 0 Å². The van der Waals surface area contributed by atoms with Gasteiger partial charge in [-0.05, 0) is 6.07 Å². The molecule has 0 aliphatic heterocycles. The van der Waals surface area contributed by atoms with Crippen molar-refractivity contribution in [2.75, 3.05) is 0 Å². The molecule has 1 heterocycles. The third-order valence-corrected chi connectivity index (χ3v) is 2.50. The first kappa shape index (κ1) is 12.1. The summed E-state index contributed by atoms with van der Waals surface area (Å²) in [5.74, 6) is 0.571. The van der Waals surface area contributed by atoms with Crippen molar-refractivity contribution in [2.45, 2.75) is 19.9 Å². The van der Waals surface area contributed by atoms with Gasteiger partial charge in [0.1, 0.15) is 11.6 Å². The molecule has 3 N–H and O–H groups in total. The molecular formula is C12H14N4O2. The second-order valence-electron chi connectivity index (χ2n) is 3.77. The fraction of sp³-hybridized carbons (Fsp3) is 0.250. The van der Waals surface area contributed by atoms with E-state index in [1.165, 1.54) is 0 Å². The number of amides is 1. The van der Waals surface area contributed by atoms with E-state index >= 15 is 0 Å². The third-order valence-electron chi connectivity index (χ3n) is 2.50. The number of aromatic hydroxyl groups is 1. The number of aromatic amines is 1. The normalized spacial score (nSPS) is 10.3. The lowest BCUT2D eigenvalue weighted by Gasteiger charge is -2.04. The minimum Gasteiger partial charge on any atom is -0.508 e. The Morgan fingerprint density at radius 3 is 2.89 bits per heavy atom. The van der Waals surface area contributed by atoms with Gasteiger partial charge in [0.05, 0.1) is 0 Å². The Kier molecular flexibility index (Phi) is 3.57. The summed E-state index contributed by atoms with van der Waals surface area (Å²) in [6, 6.07) is 6.83. The van der Waals surface area contributed by atoms with Gasteiger partial charge in [-0.3, -0.25) is 9.89 Å². The summed E-state index contributed by atoms with van der Waals surface area (Å²) in [6.45, 7) is 2.16. The lowest BCUT2D eigenvalue weighted by molar-refractivity contribution is 0.0940. The van der Waals surface area contributed by atoms with Crippen molar-refractivity contribution in [2.24, 2.45) is 0 Å². The molecule has 0 spiro atoms. The van der Waals surface area contributed by atoms with E-state index in [4.69, 9.17) is 0 Å².